The minimum absolute atomic E-state index is 0.194. The summed E-state index contributed by atoms with van der Waals surface area (Å²) in [4.78, 5) is 20.9. The summed E-state index contributed by atoms with van der Waals surface area (Å²) in [5.74, 6) is 0.123. The van der Waals surface area contributed by atoms with Crippen molar-refractivity contribution in [2.45, 2.75) is 0 Å². The second-order valence-corrected chi connectivity index (χ2v) is 6.82. The Hall–Kier alpha value is -4.47. The highest BCUT2D eigenvalue weighted by molar-refractivity contribution is 5.93. The third kappa shape index (κ3) is 3.93. The number of carbonyl (C=O) groups is 1. The molecule has 0 aliphatic rings. The molecule has 0 saturated carbocycles. The standard InChI is InChI=1S/C22H16FN7O2/c23-15-7-5-14(6-8-15)21-28-27-19-9-10-20(29-30(19)21)32-12-11-24-22(31)18-13-25-16-3-1-2-4-17(16)26-18/h1-10,13H,11-12H2,(H,24,31). The molecule has 32 heavy (non-hydrogen) atoms. The summed E-state index contributed by atoms with van der Waals surface area (Å²) >= 11 is 0. The van der Waals surface area contributed by atoms with Crippen LogP contribution < -0.4 is 10.1 Å². The van der Waals surface area contributed by atoms with Gasteiger partial charge in [0, 0.05) is 11.6 Å². The third-order valence-corrected chi connectivity index (χ3v) is 4.66. The zero-order valence-electron chi connectivity index (χ0n) is 16.6. The highest BCUT2D eigenvalue weighted by Crippen LogP contribution is 2.19. The second kappa shape index (κ2) is 8.34. The van der Waals surface area contributed by atoms with Crippen LogP contribution in [0.25, 0.3) is 28.1 Å². The van der Waals surface area contributed by atoms with Crippen molar-refractivity contribution in [1.29, 1.82) is 0 Å². The monoisotopic (exact) mass is 429 g/mol. The molecular formula is C22H16FN7O2. The maximum absolute atomic E-state index is 13.2. The summed E-state index contributed by atoms with van der Waals surface area (Å²) < 4.78 is 20.4. The molecule has 1 amide bonds. The van der Waals surface area contributed by atoms with Gasteiger partial charge in [-0.3, -0.25) is 9.78 Å². The third-order valence-electron chi connectivity index (χ3n) is 4.66. The van der Waals surface area contributed by atoms with Crippen molar-refractivity contribution in [2.75, 3.05) is 13.2 Å². The van der Waals surface area contributed by atoms with Crippen LogP contribution >= 0.6 is 0 Å². The van der Waals surface area contributed by atoms with Crippen LogP contribution in [0, 0.1) is 5.82 Å². The lowest BCUT2D eigenvalue weighted by Crippen LogP contribution is -2.29. The Morgan fingerprint density at radius 2 is 1.81 bits per heavy atom. The molecular weight excluding hydrogens is 413 g/mol. The fourth-order valence-corrected chi connectivity index (χ4v) is 3.11. The van der Waals surface area contributed by atoms with Crippen LogP contribution in [-0.2, 0) is 0 Å². The van der Waals surface area contributed by atoms with Crippen LogP contribution in [0.5, 0.6) is 5.88 Å². The number of hydrogen-bond donors (Lipinski definition) is 1. The van der Waals surface area contributed by atoms with E-state index < -0.39 is 0 Å². The Kier molecular flexibility index (Phi) is 5.08. The fraction of sp³-hybridized carbons (Fsp3) is 0.0909. The lowest BCUT2D eigenvalue weighted by molar-refractivity contribution is 0.0941. The number of nitrogens with zero attached hydrogens (tertiary/aromatic N) is 6. The number of para-hydroxylation sites is 2. The average Bonchev–Trinajstić information content (AvgIpc) is 3.25. The Balaban J connectivity index is 1.22. The first kappa shape index (κ1) is 19.5. The Morgan fingerprint density at radius 3 is 2.66 bits per heavy atom. The van der Waals surface area contributed by atoms with Gasteiger partial charge in [-0.2, -0.15) is 4.52 Å². The number of carbonyl (C=O) groups excluding carboxylic acids is 1. The molecule has 0 spiro atoms. The van der Waals surface area contributed by atoms with Gasteiger partial charge in [-0.15, -0.1) is 15.3 Å². The molecule has 5 rings (SSSR count). The number of hydrogen-bond acceptors (Lipinski definition) is 7. The smallest absolute Gasteiger partial charge is 0.271 e. The van der Waals surface area contributed by atoms with Gasteiger partial charge < -0.3 is 10.1 Å². The molecule has 5 aromatic rings. The van der Waals surface area contributed by atoms with Crippen molar-refractivity contribution in [3.63, 3.8) is 0 Å². The normalized spacial score (nSPS) is 11.0. The van der Waals surface area contributed by atoms with E-state index in [1.54, 1.807) is 30.3 Å². The predicted molar refractivity (Wildman–Crippen MR) is 114 cm³/mol. The number of nitrogens with one attached hydrogen (secondary N) is 1. The topological polar surface area (TPSA) is 107 Å². The number of ether oxygens (including phenoxy) is 1. The predicted octanol–water partition coefficient (Wildman–Crippen LogP) is 2.68. The van der Waals surface area contributed by atoms with Gasteiger partial charge in [0.05, 0.1) is 23.8 Å². The minimum Gasteiger partial charge on any atom is -0.475 e. The number of amides is 1. The number of fused-ring (bicyclic) bond motifs is 2. The van der Waals surface area contributed by atoms with Crippen molar-refractivity contribution >= 4 is 22.6 Å². The van der Waals surface area contributed by atoms with Crippen LogP contribution in [0.2, 0.25) is 0 Å². The highest BCUT2D eigenvalue weighted by Gasteiger charge is 2.11. The lowest BCUT2D eigenvalue weighted by atomic mass is 10.2. The number of aromatic nitrogens is 6. The largest absolute Gasteiger partial charge is 0.475 e. The molecule has 1 N–H and O–H groups in total. The minimum atomic E-state index is -0.340. The van der Waals surface area contributed by atoms with E-state index in [9.17, 15) is 9.18 Å². The molecule has 10 heteroatoms. The number of benzene rings is 2. The SMILES string of the molecule is O=C(NCCOc1ccc2nnc(-c3ccc(F)cc3)n2n1)c1cnc2ccccc2n1. The van der Waals surface area contributed by atoms with E-state index in [0.29, 0.717) is 28.4 Å². The van der Waals surface area contributed by atoms with E-state index in [2.05, 4.69) is 30.6 Å². The van der Waals surface area contributed by atoms with E-state index in [0.717, 1.165) is 5.52 Å². The van der Waals surface area contributed by atoms with Crippen LogP contribution in [0.1, 0.15) is 10.5 Å². The van der Waals surface area contributed by atoms with Crippen molar-refractivity contribution in [3.8, 4) is 17.3 Å². The van der Waals surface area contributed by atoms with Gasteiger partial charge in [0.2, 0.25) is 5.88 Å². The first-order chi connectivity index (χ1) is 15.7. The molecule has 0 radical (unpaired) electrons. The Labute approximate surface area is 180 Å². The van der Waals surface area contributed by atoms with Crippen molar-refractivity contribution in [1.82, 2.24) is 35.1 Å². The van der Waals surface area contributed by atoms with Gasteiger partial charge in [-0.05, 0) is 42.5 Å². The second-order valence-electron chi connectivity index (χ2n) is 6.82. The van der Waals surface area contributed by atoms with Crippen LogP contribution in [-0.4, -0.2) is 48.8 Å². The van der Waals surface area contributed by atoms with Gasteiger partial charge in [0.15, 0.2) is 11.5 Å². The van der Waals surface area contributed by atoms with Crippen molar-refractivity contribution in [2.24, 2.45) is 0 Å². The molecule has 0 fully saturated rings. The number of halogens is 1. The Morgan fingerprint density at radius 1 is 1.00 bits per heavy atom. The molecule has 0 aliphatic carbocycles. The first-order valence-corrected chi connectivity index (χ1v) is 9.78. The summed E-state index contributed by atoms with van der Waals surface area (Å²) in [5, 5.41) is 15.3. The van der Waals surface area contributed by atoms with Crippen molar-refractivity contribution < 1.29 is 13.9 Å². The summed E-state index contributed by atoms with van der Waals surface area (Å²) in [5.41, 5.74) is 2.81. The van der Waals surface area contributed by atoms with Gasteiger partial charge >= 0.3 is 0 Å². The summed E-state index contributed by atoms with van der Waals surface area (Å²) in [6.07, 6.45) is 1.44. The average molecular weight is 429 g/mol. The van der Waals surface area contributed by atoms with Crippen LogP contribution in [0.15, 0.2) is 66.9 Å². The quantitative estimate of drug-likeness (QED) is 0.414. The van der Waals surface area contributed by atoms with Gasteiger partial charge in [-0.1, -0.05) is 12.1 Å². The molecule has 9 nitrogen and oxygen atoms in total. The highest BCUT2D eigenvalue weighted by atomic mass is 19.1. The molecule has 0 aliphatic heterocycles. The molecule has 158 valence electrons. The number of rotatable bonds is 6. The van der Waals surface area contributed by atoms with Crippen LogP contribution in [0.3, 0.4) is 0 Å². The molecule has 2 aromatic carbocycles. The zero-order chi connectivity index (χ0) is 21.9. The Bertz CT molecular complexity index is 1420. The van der Waals surface area contributed by atoms with E-state index in [-0.39, 0.29) is 30.6 Å². The molecule has 0 saturated heterocycles. The van der Waals surface area contributed by atoms with E-state index in [1.807, 2.05) is 18.2 Å². The summed E-state index contributed by atoms with van der Waals surface area (Å²) in [7, 11) is 0. The molecule has 0 unspecified atom stereocenters. The fourth-order valence-electron chi connectivity index (χ4n) is 3.11. The summed E-state index contributed by atoms with van der Waals surface area (Å²) in [6, 6.07) is 16.6. The van der Waals surface area contributed by atoms with E-state index in [4.69, 9.17) is 4.74 Å². The van der Waals surface area contributed by atoms with Crippen LogP contribution in [0.4, 0.5) is 4.39 Å². The van der Waals surface area contributed by atoms with Gasteiger partial charge in [0.1, 0.15) is 18.1 Å². The molecule has 3 heterocycles. The molecule has 0 atom stereocenters. The summed E-state index contributed by atoms with van der Waals surface area (Å²) in [6.45, 7) is 0.444. The van der Waals surface area contributed by atoms with E-state index >= 15 is 0 Å². The molecule has 0 bridgehead atoms. The first-order valence-electron chi connectivity index (χ1n) is 9.78. The zero-order valence-corrected chi connectivity index (χ0v) is 16.6. The van der Waals surface area contributed by atoms with Gasteiger partial charge in [0.25, 0.3) is 5.91 Å². The lowest BCUT2D eigenvalue weighted by Gasteiger charge is -2.08. The van der Waals surface area contributed by atoms with Gasteiger partial charge in [-0.25, -0.2) is 9.37 Å². The van der Waals surface area contributed by atoms with E-state index in [1.165, 1.54) is 22.8 Å². The molecule has 3 aromatic heterocycles. The maximum Gasteiger partial charge on any atom is 0.271 e. The maximum atomic E-state index is 13.2. The van der Waals surface area contributed by atoms with Crippen molar-refractivity contribution in [3.05, 3.63) is 78.4 Å².